The first-order chi connectivity index (χ1) is 15.0. The minimum Gasteiger partial charge on any atom is -0.545 e. The van der Waals surface area contributed by atoms with Crippen LogP contribution in [0.4, 0.5) is 5.69 Å². The molecule has 6 nitrogen and oxygen atoms in total. The molecule has 6 heteroatoms. The van der Waals surface area contributed by atoms with Gasteiger partial charge in [0.05, 0.1) is 22.9 Å². The van der Waals surface area contributed by atoms with Crippen LogP contribution < -0.4 is 14.9 Å². The first-order valence-corrected chi connectivity index (χ1v) is 9.72. The van der Waals surface area contributed by atoms with Gasteiger partial charge in [-0.05, 0) is 42.3 Å². The van der Waals surface area contributed by atoms with Gasteiger partial charge < -0.3 is 14.6 Å². The fourth-order valence-electron chi connectivity index (χ4n) is 3.21. The third-order valence-corrected chi connectivity index (χ3v) is 4.87. The molecule has 1 amide bonds. The Hall–Kier alpha value is -4.19. The molecule has 0 N–H and O–H groups in total. The van der Waals surface area contributed by atoms with Crippen molar-refractivity contribution in [2.45, 2.75) is 13.5 Å². The van der Waals surface area contributed by atoms with Crippen LogP contribution in [0.5, 0.6) is 5.75 Å². The summed E-state index contributed by atoms with van der Waals surface area (Å²) in [6, 6.07) is 23.0. The topological polar surface area (TPSA) is 82.0 Å². The summed E-state index contributed by atoms with van der Waals surface area (Å²) in [4.78, 5) is 23.8. The summed E-state index contributed by atoms with van der Waals surface area (Å²) in [5.41, 5.74) is 3.52. The highest BCUT2D eigenvalue weighted by molar-refractivity contribution is 6.32. The molecular weight excluding hydrogens is 392 g/mol. The Morgan fingerprint density at radius 3 is 2.39 bits per heavy atom. The van der Waals surface area contributed by atoms with Gasteiger partial charge in [-0.1, -0.05) is 60.7 Å². The second-order valence-corrected chi connectivity index (χ2v) is 7.01. The molecular formula is C25H19N2O4-. The number of carboxylic acid groups (broad SMARTS) is 1. The molecule has 31 heavy (non-hydrogen) atoms. The summed E-state index contributed by atoms with van der Waals surface area (Å²) in [7, 11) is 0. The molecule has 0 radical (unpaired) electrons. The fraction of sp³-hybridized carbons (Fsp3) is 0.0800. The van der Waals surface area contributed by atoms with E-state index >= 15 is 0 Å². The van der Waals surface area contributed by atoms with Crippen LogP contribution in [-0.2, 0) is 11.4 Å². The number of carboxylic acids is 1. The normalized spacial score (nSPS) is 14.6. The van der Waals surface area contributed by atoms with Crippen LogP contribution in [0.2, 0.25) is 0 Å². The van der Waals surface area contributed by atoms with E-state index in [1.807, 2.05) is 54.6 Å². The Labute approximate surface area is 179 Å². The predicted octanol–water partition coefficient (Wildman–Crippen LogP) is 3.44. The number of carbonyl (C=O) groups excluding carboxylic acids is 2. The van der Waals surface area contributed by atoms with Crippen molar-refractivity contribution in [1.29, 1.82) is 0 Å². The molecule has 0 saturated heterocycles. The number of benzene rings is 3. The lowest BCUT2D eigenvalue weighted by molar-refractivity contribution is -0.255. The van der Waals surface area contributed by atoms with E-state index < -0.39 is 5.97 Å². The summed E-state index contributed by atoms with van der Waals surface area (Å²) >= 11 is 0. The van der Waals surface area contributed by atoms with E-state index in [4.69, 9.17) is 4.74 Å². The highest BCUT2D eigenvalue weighted by Crippen LogP contribution is 2.28. The van der Waals surface area contributed by atoms with E-state index in [0.29, 0.717) is 22.7 Å². The average Bonchev–Trinajstić information content (AvgIpc) is 3.07. The molecule has 1 aliphatic heterocycles. The smallest absolute Gasteiger partial charge is 0.280 e. The van der Waals surface area contributed by atoms with Crippen LogP contribution in [-0.4, -0.2) is 17.6 Å². The number of carbonyl (C=O) groups is 2. The van der Waals surface area contributed by atoms with Crippen LogP contribution >= 0.6 is 0 Å². The molecule has 0 spiro atoms. The van der Waals surface area contributed by atoms with Crippen molar-refractivity contribution in [1.82, 2.24) is 0 Å². The minimum absolute atomic E-state index is 0.117. The molecule has 3 aromatic carbocycles. The Morgan fingerprint density at radius 1 is 1.00 bits per heavy atom. The van der Waals surface area contributed by atoms with E-state index in [0.717, 1.165) is 11.1 Å². The van der Waals surface area contributed by atoms with Crippen LogP contribution in [0, 0.1) is 0 Å². The zero-order valence-electron chi connectivity index (χ0n) is 16.8. The summed E-state index contributed by atoms with van der Waals surface area (Å²) in [6.45, 7) is 2.06. The van der Waals surface area contributed by atoms with Gasteiger partial charge in [-0.25, -0.2) is 0 Å². The van der Waals surface area contributed by atoms with Crippen LogP contribution in [0.3, 0.4) is 0 Å². The maximum atomic E-state index is 12.9. The van der Waals surface area contributed by atoms with Crippen LogP contribution in [0.25, 0.3) is 6.08 Å². The first kappa shape index (κ1) is 20.1. The molecule has 154 valence electrons. The number of nitrogens with zero attached hydrogens (tertiary/aromatic N) is 2. The van der Waals surface area contributed by atoms with Crippen molar-refractivity contribution in [3.63, 3.8) is 0 Å². The predicted molar refractivity (Wildman–Crippen MR) is 117 cm³/mol. The van der Waals surface area contributed by atoms with Gasteiger partial charge in [-0.2, -0.15) is 10.1 Å². The number of anilines is 1. The van der Waals surface area contributed by atoms with Crippen molar-refractivity contribution in [2.75, 3.05) is 5.01 Å². The Bertz CT molecular complexity index is 1180. The third-order valence-electron chi connectivity index (χ3n) is 4.87. The third kappa shape index (κ3) is 4.38. The number of hydrogen-bond acceptors (Lipinski definition) is 5. The van der Waals surface area contributed by atoms with Gasteiger partial charge in [0.2, 0.25) is 0 Å². The quantitative estimate of drug-likeness (QED) is 0.582. The van der Waals surface area contributed by atoms with Gasteiger partial charge in [0, 0.05) is 5.56 Å². The van der Waals surface area contributed by atoms with Gasteiger partial charge in [0.15, 0.2) is 0 Å². The average molecular weight is 411 g/mol. The molecule has 1 aliphatic rings. The molecule has 1 heterocycles. The molecule has 0 aliphatic carbocycles. The lowest BCUT2D eigenvalue weighted by Crippen LogP contribution is -2.22. The fourth-order valence-corrected chi connectivity index (χ4v) is 3.21. The van der Waals surface area contributed by atoms with E-state index in [1.54, 1.807) is 25.1 Å². The van der Waals surface area contributed by atoms with Gasteiger partial charge in [0.1, 0.15) is 12.4 Å². The number of hydrazone groups is 1. The number of rotatable bonds is 6. The molecule has 3 aromatic rings. The zero-order chi connectivity index (χ0) is 21.8. The van der Waals surface area contributed by atoms with Crippen molar-refractivity contribution in [3.8, 4) is 5.75 Å². The van der Waals surface area contributed by atoms with Crippen molar-refractivity contribution >= 4 is 29.4 Å². The summed E-state index contributed by atoms with van der Waals surface area (Å²) in [5, 5.41) is 16.7. The van der Waals surface area contributed by atoms with Crippen LogP contribution in [0.15, 0.2) is 89.5 Å². The SMILES string of the molecule is CC1=NN(c2ccccc2)C(=O)/C1=C/c1ccccc1OCc1ccc(C(=O)[O-])cc1. The Morgan fingerprint density at radius 2 is 1.68 bits per heavy atom. The van der Waals surface area contributed by atoms with Gasteiger partial charge in [-0.3, -0.25) is 4.79 Å². The van der Waals surface area contributed by atoms with E-state index in [1.165, 1.54) is 17.1 Å². The maximum absolute atomic E-state index is 12.9. The molecule has 0 fully saturated rings. The maximum Gasteiger partial charge on any atom is 0.280 e. The van der Waals surface area contributed by atoms with E-state index in [9.17, 15) is 14.7 Å². The molecule has 0 atom stereocenters. The number of hydrogen-bond donors (Lipinski definition) is 0. The lowest BCUT2D eigenvalue weighted by atomic mass is 10.1. The summed E-state index contributed by atoms with van der Waals surface area (Å²) in [5.74, 6) is -0.804. The van der Waals surface area contributed by atoms with E-state index in [2.05, 4.69) is 5.10 Å². The first-order valence-electron chi connectivity index (χ1n) is 9.72. The van der Waals surface area contributed by atoms with Gasteiger partial charge in [-0.15, -0.1) is 0 Å². The molecule has 4 rings (SSSR count). The Kier molecular flexibility index (Phi) is 5.62. The largest absolute Gasteiger partial charge is 0.545 e. The minimum atomic E-state index is -1.22. The zero-order valence-corrected chi connectivity index (χ0v) is 16.8. The van der Waals surface area contributed by atoms with Crippen molar-refractivity contribution < 1.29 is 19.4 Å². The van der Waals surface area contributed by atoms with Crippen LogP contribution in [0.1, 0.15) is 28.4 Å². The van der Waals surface area contributed by atoms with Crippen molar-refractivity contribution in [2.24, 2.45) is 5.10 Å². The van der Waals surface area contributed by atoms with Gasteiger partial charge in [0.25, 0.3) is 5.91 Å². The lowest BCUT2D eigenvalue weighted by Gasteiger charge is -2.12. The molecule has 0 bridgehead atoms. The monoisotopic (exact) mass is 411 g/mol. The second-order valence-electron chi connectivity index (χ2n) is 7.01. The molecule has 0 unspecified atom stereocenters. The number of para-hydroxylation sites is 2. The van der Waals surface area contributed by atoms with Crippen molar-refractivity contribution in [3.05, 3.63) is 101 Å². The number of aromatic carboxylic acids is 1. The van der Waals surface area contributed by atoms with Gasteiger partial charge >= 0.3 is 0 Å². The number of ether oxygens (including phenoxy) is 1. The molecule has 0 saturated carbocycles. The van der Waals surface area contributed by atoms with E-state index in [-0.39, 0.29) is 18.1 Å². The summed E-state index contributed by atoms with van der Waals surface area (Å²) < 4.78 is 5.94. The Balaban J connectivity index is 1.54. The summed E-state index contributed by atoms with van der Waals surface area (Å²) in [6.07, 6.45) is 1.78. The highest BCUT2D eigenvalue weighted by atomic mass is 16.5. The highest BCUT2D eigenvalue weighted by Gasteiger charge is 2.28. The standard InChI is InChI=1S/C25H20N2O4/c1-17-22(24(28)27(26-17)21-8-3-2-4-9-21)15-20-7-5-6-10-23(20)31-16-18-11-13-19(14-12-18)25(29)30/h2-15H,16H2,1H3,(H,29,30)/p-1/b22-15+. The number of amides is 1. The second kappa shape index (κ2) is 8.67. The molecule has 0 aromatic heterocycles.